The third kappa shape index (κ3) is 5.33. The number of anilines is 2. The number of nitrogens with zero attached hydrogens (tertiary/aromatic N) is 1. The maximum Gasteiger partial charge on any atom is 0.245 e. The van der Waals surface area contributed by atoms with Gasteiger partial charge in [-0.05, 0) is 47.7 Å². The summed E-state index contributed by atoms with van der Waals surface area (Å²) in [5.74, 6) is -0.388. The minimum atomic E-state index is -3.59. The molecular weight excluding hydrogens is 348 g/mol. The van der Waals surface area contributed by atoms with Crippen LogP contribution in [0.25, 0.3) is 0 Å². The second-order valence-electron chi connectivity index (χ2n) is 7.48. The van der Waals surface area contributed by atoms with Gasteiger partial charge in [-0.25, -0.2) is 8.42 Å². The summed E-state index contributed by atoms with van der Waals surface area (Å²) in [5, 5.41) is 2.75. The summed E-state index contributed by atoms with van der Waals surface area (Å²) in [4.78, 5) is 12.4. The van der Waals surface area contributed by atoms with Crippen LogP contribution in [0, 0.1) is 6.92 Å². The molecule has 0 bridgehead atoms. The first-order chi connectivity index (χ1) is 12.0. The van der Waals surface area contributed by atoms with Crippen molar-refractivity contribution in [1.29, 1.82) is 0 Å². The van der Waals surface area contributed by atoms with Gasteiger partial charge >= 0.3 is 0 Å². The van der Waals surface area contributed by atoms with E-state index in [2.05, 4.69) is 26.1 Å². The highest BCUT2D eigenvalue weighted by atomic mass is 32.2. The lowest BCUT2D eigenvalue weighted by molar-refractivity contribution is -0.114. The summed E-state index contributed by atoms with van der Waals surface area (Å²) in [6, 6.07) is 14.6. The highest BCUT2D eigenvalue weighted by Gasteiger charge is 2.22. The van der Waals surface area contributed by atoms with Crippen LogP contribution in [0.5, 0.6) is 0 Å². The number of aryl methyl sites for hydroxylation is 1. The number of sulfonamides is 1. The molecule has 0 radical (unpaired) electrons. The Morgan fingerprint density at radius 2 is 1.69 bits per heavy atom. The fourth-order valence-electron chi connectivity index (χ4n) is 2.58. The Bertz CT molecular complexity index is 882. The van der Waals surface area contributed by atoms with Crippen molar-refractivity contribution in [3.05, 3.63) is 59.7 Å². The molecule has 0 fully saturated rings. The fourth-order valence-corrected chi connectivity index (χ4v) is 3.44. The van der Waals surface area contributed by atoms with Gasteiger partial charge in [0.25, 0.3) is 0 Å². The van der Waals surface area contributed by atoms with Crippen molar-refractivity contribution in [2.45, 2.75) is 33.1 Å². The molecule has 0 aromatic heterocycles. The predicted molar refractivity (Wildman–Crippen MR) is 107 cm³/mol. The fraction of sp³-hybridized carbons (Fsp3) is 0.350. The van der Waals surface area contributed by atoms with Crippen molar-refractivity contribution in [3.63, 3.8) is 0 Å². The van der Waals surface area contributed by atoms with Crippen LogP contribution in [0.15, 0.2) is 48.5 Å². The molecule has 0 saturated heterocycles. The molecule has 0 unspecified atom stereocenters. The molecule has 0 spiro atoms. The zero-order chi connectivity index (χ0) is 19.5. The summed E-state index contributed by atoms with van der Waals surface area (Å²) < 4.78 is 25.5. The van der Waals surface area contributed by atoms with Gasteiger partial charge in [-0.2, -0.15) is 0 Å². The first kappa shape index (κ1) is 20.0. The monoisotopic (exact) mass is 374 g/mol. The molecule has 0 saturated carbocycles. The summed E-state index contributed by atoms with van der Waals surface area (Å²) in [7, 11) is -3.59. The molecule has 1 N–H and O–H groups in total. The van der Waals surface area contributed by atoms with Gasteiger partial charge in [0, 0.05) is 5.69 Å². The normalized spacial score (nSPS) is 11.9. The first-order valence-electron chi connectivity index (χ1n) is 8.41. The van der Waals surface area contributed by atoms with Crippen LogP contribution in [0.3, 0.4) is 0 Å². The van der Waals surface area contributed by atoms with Crippen LogP contribution in [-0.4, -0.2) is 27.1 Å². The molecule has 5 nitrogen and oxygen atoms in total. The molecular formula is C20H26N2O3S. The molecule has 2 aromatic rings. The Hall–Kier alpha value is -2.34. The number of nitrogens with one attached hydrogen (secondary N) is 1. The second-order valence-corrected chi connectivity index (χ2v) is 9.39. The summed E-state index contributed by atoms with van der Waals surface area (Å²) in [6.07, 6.45) is 1.10. The van der Waals surface area contributed by atoms with E-state index in [1.165, 1.54) is 0 Å². The van der Waals surface area contributed by atoms with Crippen LogP contribution < -0.4 is 9.62 Å². The molecule has 2 aromatic carbocycles. The highest BCUT2D eigenvalue weighted by molar-refractivity contribution is 7.92. The lowest BCUT2D eigenvalue weighted by Gasteiger charge is -2.24. The molecule has 6 heteroatoms. The lowest BCUT2D eigenvalue weighted by Crippen LogP contribution is -2.37. The lowest BCUT2D eigenvalue weighted by atomic mass is 9.87. The third-order valence-corrected chi connectivity index (χ3v) is 5.15. The van der Waals surface area contributed by atoms with E-state index in [4.69, 9.17) is 0 Å². The van der Waals surface area contributed by atoms with Crippen LogP contribution in [0.4, 0.5) is 11.4 Å². The van der Waals surface area contributed by atoms with Gasteiger partial charge in [0.05, 0.1) is 11.9 Å². The van der Waals surface area contributed by atoms with E-state index in [0.29, 0.717) is 11.4 Å². The molecule has 0 heterocycles. The zero-order valence-corrected chi connectivity index (χ0v) is 16.7. The Balaban J connectivity index is 2.21. The Morgan fingerprint density at radius 3 is 2.19 bits per heavy atom. The van der Waals surface area contributed by atoms with E-state index in [9.17, 15) is 13.2 Å². The van der Waals surface area contributed by atoms with Crippen molar-refractivity contribution in [1.82, 2.24) is 0 Å². The number of hydrogen-bond acceptors (Lipinski definition) is 3. The largest absolute Gasteiger partial charge is 0.325 e. The van der Waals surface area contributed by atoms with E-state index < -0.39 is 10.0 Å². The van der Waals surface area contributed by atoms with E-state index >= 15 is 0 Å². The van der Waals surface area contributed by atoms with Crippen molar-refractivity contribution >= 4 is 27.3 Å². The van der Waals surface area contributed by atoms with Crippen LogP contribution in [0.2, 0.25) is 0 Å². The van der Waals surface area contributed by atoms with Crippen molar-refractivity contribution in [3.8, 4) is 0 Å². The maximum atomic E-state index is 12.4. The topological polar surface area (TPSA) is 66.5 Å². The number of carbonyl (C=O) groups is 1. The summed E-state index contributed by atoms with van der Waals surface area (Å²) in [6.45, 7) is 7.92. The average molecular weight is 375 g/mol. The van der Waals surface area contributed by atoms with E-state index in [-0.39, 0.29) is 17.9 Å². The zero-order valence-electron chi connectivity index (χ0n) is 15.9. The Labute approximate surface area is 156 Å². The smallest absolute Gasteiger partial charge is 0.245 e. The molecule has 0 aliphatic rings. The van der Waals surface area contributed by atoms with Gasteiger partial charge in [-0.1, -0.05) is 45.0 Å². The van der Waals surface area contributed by atoms with E-state index in [1.807, 2.05) is 37.3 Å². The van der Waals surface area contributed by atoms with Gasteiger partial charge in [0.15, 0.2) is 0 Å². The third-order valence-electron chi connectivity index (χ3n) is 4.01. The first-order valence-corrected chi connectivity index (χ1v) is 10.3. The molecule has 1 amide bonds. The van der Waals surface area contributed by atoms with Gasteiger partial charge in [-0.15, -0.1) is 0 Å². The highest BCUT2D eigenvalue weighted by Crippen LogP contribution is 2.26. The molecule has 0 aliphatic heterocycles. The Kier molecular flexibility index (Phi) is 5.76. The molecule has 2 rings (SSSR count). The number of benzene rings is 2. The maximum absolute atomic E-state index is 12.4. The van der Waals surface area contributed by atoms with Crippen molar-refractivity contribution < 1.29 is 13.2 Å². The quantitative estimate of drug-likeness (QED) is 0.868. The van der Waals surface area contributed by atoms with Crippen molar-refractivity contribution in [2.75, 3.05) is 22.4 Å². The minimum absolute atomic E-state index is 0.0308. The van der Waals surface area contributed by atoms with E-state index in [0.717, 1.165) is 21.7 Å². The molecule has 0 atom stereocenters. The number of hydrogen-bond donors (Lipinski definition) is 1. The van der Waals surface area contributed by atoms with Gasteiger partial charge in [0.2, 0.25) is 15.9 Å². The average Bonchev–Trinajstić information content (AvgIpc) is 2.51. The van der Waals surface area contributed by atoms with Gasteiger partial charge in [0.1, 0.15) is 6.54 Å². The predicted octanol–water partition coefficient (Wildman–Crippen LogP) is 3.70. The molecule has 26 heavy (non-hydrogen) atoms. The molecule has 0 aliphatic carbocycles. The summed E-state index contributed by atoms with van der Waals surface area (Å²) in [5.41, 5.74) is 3.20. The number of rotatable bonds is 5. The van der Waals surface area contributed by atoms with Gasteiger partial charge < -0.3 is 5.32 Å². The Morgan fingerprint density at radius 1 is 1.08 bits per heavy atom. The minimum Gasteiger partial charge on any atom is -0.325 e. The standard InChI is InChI=1S/C20H26N2O3S/c1-15-7-6-8-17(13-15)21-19(23)14-22(26(5,24)25)18-11-9-16(10-12-18)20(2,3)4/h6-13H,14H2,1-5H3,(H,21,23). The summed E-state index contributed by atoms with van der Waals surface area (Å²) >= 11 is 0. The second kappa shape index (κ2) is 7.50. The SMILES string of the molecule is Cc1cccc(NC(=O)CN(c2ccc(C(C)(C)C)cc2)S(C)(=O)=O)c1. The molecule has 140 valence electrons. The van der Waals surface area contributed by atoms with Gasteiger partial charge in [-0.3, -0.25) is 9.10 Å². The van der Waals surface area contributed by atoms with Crippen LogP contribution in [-0.2, 0) is 20.2 Å². The number of amides is 1. The van der Waals surface area contributed by atoms with Crippen LogP contribution >= 0.6 is 0 Å². The number of carbonyl (C=O) groups excluding carboxylic acids is 1. The van der Waals surface area contributed by atoms with E-state index in [1.54, 1.807) is 18.2 Å². The van der Waals surface area contributed by atoms with Crippen LogP contribution in [0.1, 0.15) is 31.9 Å². The van der Waals surface area contributed by atoms with Crippen molar-refractivity contribution in [2.24, 2.45) is 0 Å².